The molecule has 1 saturated heterocycles. The van der Waals surface area contributed by atoms with Crippen LogP contribution in [0.4, 0.5) is 9.93 Å². The van der Waals surface area contributed by atoms with Crippen LogP contribution in [0.3, 0.4) is 0 Å². The number of halogens is 1. The minimum Gasteiger partial charge on any atom is -0.497 e. The highest BCUT2D eigenvalue weighted by molar-refractivity contribution is 7.93. The van der Waals surface area contributed by atoms with Crippen molar-refractivity contribution in [2.45, 2.75) is 37.8 Å². The van der Waals surface area contributed by atoms with E-state index in [9.17, 15) is 18.3 Å². The standard InChI is InChI=1S/C25H29ClN4O7S2/c1-25(2)14-29(24(31)32)11-10-21(25)37-18-6-5-7-20(22(18)26)39(33,34)30(23-27-15-28-38-23)13-16-8-9-17(35-3)12-19(16)36-4/h5-9,12,15,21H,10-11,13-14H2,1-4H3,(H,31,32)/t21-/m1/s1. The summed E-state index contributed by atoms with van der Waals surface area (Å²) in [7, 11) is -1.23. The third-order valence-electron chi connectivity index (χ3n) is 6.54. The van der Waals surface area contributed by atoms with E-state index in [1.54, 1.807) is 30.3 Å². The van der Waals surface area contributed by atoms with E-state index in [4.69, 9.17) is 25.8 Å². The summed E-state index contributed by atoms with van der Waals surface area (Å²) in [6, 6.07) is 9.65. The molecule has 11 nitrogen and oxygen atoms in total. The molecule has 0 unspecified atom stereocenters. The Labute approximate surface area is 236 Å². The summed E-state index contributed by atoms with van der Waals surface area (Å²) >= 11 is 7.61. The van der Waals surface area contributed by atoms with Crippen molar-refractivity contribution >= 4 is 44.4 Å². The lowest BCUT2D eigenvalue weighted by molar-refractivity contribution is -0.00289. The molecule has 1 amide bonds. The molecule has 14 heteroatoms. The molecule has 1 aliphatic rings. The topological polar surface area (TPSA) is 131 Å². The first kappa shape index (κ1) is 28.7. The van der Waals surface area contributed by atoms with Gasteiger partial charge in [-0.05, 0) is 24.3 Å². The van der Waals surface area contributed by atoms with Crippen LogP contribution < -0.4 is 18.5 Å². The van der Waals surface area contributed by atoms with Gasteiger partial charge in [0.25, 0.3) is 10.0 Å². The highest BCUT2D eigenvalue weighted by Gasteiger charge is 2.40. The Kier molecular flexibility index (Phi) is 8.42. The van der Waals surface area contributed by atoms with Gasteiger partial charge < -0.3 is 24.2 Å². The SMILES string of the molecule is COc1ccc(CN(c2ncns2)S(=O)(=O)c2cccc(O[C@@H]3CCN(C(=O)O)CC3(C)C)c2Cl)c(OC)c1. The van der Waals surface area contributed by atoms with Crippen molar-refractivity contribution in [1.82, 2.24) is 14.3 Å². The van der Waals surface area contributed by atoms with Crippen LogP contribution in [0, 0.1) is 5.41 Å². The molecule has 0 spiro atoms. The minimum absolute atomic E-state index is 0.0785. The zero-order valence-corrected chi connectivity index (χ0v) is 24.2. The van der Waals surface area contributed by atoms with Crippen molar-refractivity contribution in [1.29, 1.82) is 0 Å². The number of rotatable bonds is 9. The molecule has 1 N–H and O–H groups in total. The van der Waals surface area contributed by atoms with Gasteiger partial charge in [-0.3, -0.25) is 0 Å². The highest BCUT2D eigenvalue weighted by atomic mass is 35.5. The molecule has 2 heterocycles. The van der Waals surface area contributed by atoms with Gasteiger partial charge in [0.1, 0.15) is 39.6 Å². The van der Waals surface area contributed by atoms with E-state index in [0.29, 0.717) is 30.0 Å². The molecule has 0 radical (unpaired) electrons. The highest BCUT2D eigenvalue weighted by Crippen LogP contribution is 2.40. The fourth-order valence-electron chi connectivity index (χ4n) is 4.44. The number of piperidine rings is 1. The number of likely N-dealkylation sites (tertiary alicyclic amines) is 1. The zero-order chi connectivity index (χ0) is 28.4. The van der Waals surface area contributed by atoms with Crippen LogP contribution in [0.25, 0.3) is 0 Å². The number of hydrogen-bond donors (Lipinski definition) is 1. The van der Waals surface area contributed by atoms with E-state index in [1.165, 1.54) is 31.5 Å². The molecule has 4 rings (SSSR count). The van der Waals surface area contributed by atoms with Crippen LogP contribution in [-0.4, -0.2) is 67.3 Å². The molecule has 2 aromatic carbocycles. The quantitative estimate of drug-likeness (QED) is 0.371. The first-order chi connectivity index (χ1) is 18.5. The molecule has 3 aromatic rings. The fraction of sp³-hybridized carbons (Fsp3) is 0.400. The van der Waals surface area contributed by atoms with Crippen molar-refractivity contribution in [2.75, 3.05) is 31.6 Å². The Morgan fingerprint density at radius 1 is 1.23 bits per heavy atom. The third-order valence-corrected chi connectivity index (χ3v) is 9.62. The van der Waals surface area contributed by atoms with E-state index in [1.807, 2.05) is 13.8 Å². The second kappa shape index (κ2) is 11.4. The molecule has 1 aliphatic heterocycles. The molecule has 39 heavy (non-hydrogen) atoms. The van der Waals surface area contributed by atoms with Crippen LogP contribution in [0.1, 0.15) is 25.8 Å². The summed E-state index contributed by atoms with van der Waals surface area (Å²) in [4.78, 5) is 16.8. The Bertz CT molecular complexity index is 1430. The number of carboxylic acid groups (broad SMARTS) is 1. The number of ether oxygens (including phenoxy) is 3. The number of hydrogen-bond acceptors (Lipinski definition) is 9. The minimum atomic E-state index is -4.25. The largest absolute Gasteiger partial charge is 0.497 e. The number of carbonyl (C=O) groups is 1. The van der Waals surface area contributed by atoms with Gasteiger partial charge in [-0.15, -0.1) is 0 Å². The van der Waals surface area contributed by atoms with Gasteiger partial charge >= 0.3 is 6.09 Å². The van der Waals surface area contributed by atoms with Crippen LogP contribution >= 0.6 is 23.1 Å². The molecule has 1 aromatic heterocycles. The van der Waals surface area contributed by atoms with E-state index < -0.39 is 21.5 Å². The van der Waals surface area contributed by atoms with Gasteiger partial charge in [0.2, 0.25) is 5.13 Å². The normalized spacial score (nSPS) is 16.9. The molecule has 0 saturated carbocycles. The Balaban J connectivity index is 1.68. The van der Waals surface area contributed by atoms with Crippen molar-refractivity contribution in [3.63, 3.8) is 0 Å². The smallest absolute Gasteiger partial charge is 0.407 e. The van der Waals surface area contributed by atoms with Gasteiger partial charge in [-0.2, -0.15) is 4.37 Å². The molecular weight excluding hydrogens is 568 g/mol. The summed E-state index contributed by atoms with van der Waals surface area (Å²) in [5.74, 6) is 1.20. The van der Waals surface area contributed by atoms with E-state index in [2.05, 4.69) is 9.36 Å². The Hall–Kier alpha value is -3.29. The van der Waals surface area contributed by atoms with Crippen LogP contribution in [0.15, 0.2) is 47.6 Å². The van der Waals surface area contributed by atoms with Crippen LogP contribution in [-0.2, 0) is 16.6 Å². The fourth-order valence-corrected chi connectivity index (χ4v) is 7.11. The van der Waals surface area contributed by atoms with Gasteiger partial charge in [0, 0.05) is 48.1 Å². The third kappa shape index (κ3) is 5.99. The number of amides is 1. The average molecular weight is 597 g/mol. The average Bonchev–Trinajstić information content (AvgIpc) is 3.43. The summed E-state index contributed by atoms with van der Waals surface area (Å²) in [5.41, 5.74) is 0.0470. The van der Waals surface area contributed by atoms with Crippen molar-refractivity contribution in [3.05, 3.63) is 53.3 Å². The predicted molar refractivity (Wildman–Crippen MR) is 147 cm³/mol. The van der Waals surface area contributed by atoms with Gasteiger partial charge in [-0.1, -0.05) is 31.5 Å². The molecular formula is C25H29ClN4O7S2. The van der Waals surface area contributed by atoms with Gasteiger partial charge in [-0.25, -0.2) is 22.5 Å². The lowest BCUT2D eigenvalue weighted by atomic mass is 9.81. The molecule has 1 atom stereocenters. The van der Waals surface area contributed by atoms with E-state index in [0.717, 1.165) is 15.8 Å². The van der Waals surface area contributed by atoms with Crippen LogP contribution in [0.5, 0.6) is 17.2 Å². The second-order valence-corrected chi connectivity index (χ2v) is 12.5. The first-order valence-corrected chi connectivity index (χ1v) is 14.5. The zero-order valence-electron chi connectivity index (χ0n) is 21.8. The number of sulfonamides is 1. The lowest BCUT2D eigenvalue weighted by Crippen LogP contribution is -2.52. The maximum atomic E-state index is 14.1. The van der Waals surface area contributed by atoms with Crippen LogP contribution in [0.2, 0.25) is 5.02 Å². The number of methoxy groups -OCH3 is 2. The van der Waals surface area contributed by atoms with Gasteiger partial charge in [0.15, 0.2) is 0 Å². The Morgan fingerprint density at radius 3 is 2.62 bits per heavy atom. The molecule has 1 fully saturated rings. The summed E-state index contributed by atoms with van der Waals surface area (Å²) in [5, 5.41) is 9.45. The first-order valence-electron chi connectivity index (χ1n) is 11.9. The molecule has 0 aliphatic carbocycles. The number of nitrogens with zero attached hydrogens (tertiary/aromatic N) is 4. The Morgan fingerprint density at radius 2 is 2.00 bits per heavy atom. The lowest BCUT2D eigenvalue weighted by Gasteiger charge is -2.43. The molecule has 0 bridgehead atoms. The summed E-state index contributed by atoms with van der Waals surface area (Å²) in [6.07, 6.45) is 0.339. The summed E-state index contributed by atoms with van der Waals surface area (Å²) in [6.45, 7) is 4.28. The number of anilines is 1. The van der Waals surface area contributed by atoms with Gasteiger partial charge in [0.05, 0.1) is 20.8 Å². The van der Waals surface area contributed by atoms with Crippen molar-refractivity contribution < 1.29 is 32.5 Å². The van der Waals surface area contributed by atoms with Crippen molar-refractivity contribution in [2.24, 2.45) is 5.41 Å². The number of benzene rings is 2. The van der Waals surface area contributed by atoms with Crippen molar-refractivity contribution in [3.8, 4) is 17.2 Å². The maximum Gasteiger partial charge on any atom is 0.407 e. The van der Waals surface area contributed by atoms with E-state index in [-0.39, 0.29) is 40.0 Å². The monoisotopic (exact) mass is 596 g/mol. The number of aromatic nitrogens is 2. The van der Waals surface area contributed by atoms with E-state index >= 15 is 0 Å². The molecule has 210 valence electrons. The predicted octanol–water partition coefficient (Wildman–Crippen LogP) is 4.76. The summed E-state index contributed by atoms with van der Waals surface area (Å²) < 4.78 is 50.2. The second-order valence-electron chi connectivity index (χ2n) is 9.57. The maximum absolute atomic E-state index is 14.1.